The third-order valence-electron chi connectivity index (χ3n) is 2.27. The molecule has 1 aromatic rings. The summed E-state index contributed by atoms with van der Waals surface area (Å²) < 4.78 is 0. The largest absolute Gasteiger partial charge is 0.397 e. The fourth-order valence-electron chi connectivity index (χ4n) is 1.48. The molecule has 0 saturated heterocycles. The fourth-order valence-corrected chi connectivity index (χ4v) is 1.48. The van der Waals surface area contributed by atoms with E-state index in [1.165, 1.54) is 0 Å². The van der Waals surface area contributed by atoms with Crippen LogP contribution < -0.4 is 5.73 Å². The van der Waals surface area contributed by atoms with E-state index in [-0.39, 0.29) is 11.9 Å². The Kier molecular flexibility index (Phi) is 3.66. The summed E-state index contributed by atoms with van der Waals surface area (Å²) in [6, 6.07) is 3.57. The molecule has 0 bridgehead atoms. The van der Waals surface area contributed by atoms with Gasteiger partial charge < -0.3 is 10.6 Å². The SMILES string of the molecule is CCN(C(=O)c1ncccc1N)C(C)C. The molecule has 1 aromatic heterocycles. The molecule has 0 aromatic carbocycles. The Morgan fingerprint density at radius 3 is 2.73 bits per heavy atom. The number of nitrogen functional groups attached to an aromatic ring is 1. The lowest BCUT2D eigenvalue weighted by molar-refractivity contribution is 0.0712. The molecule has 0 aliphatic heterocycles. The van der Waals surface area contributed by atoms with Crippen LogP contribution >= 0.6 is 0 Å². The van der Waals surface area contributed by atoms with E-state index in [4.69, 9.17) is 5.73 Å². The van der Waals surface area contributed by atoms with Gasteiger partial charge >= 0.3 is 0 Å². The van der Waals surface area contributed by atoms with Gasteiger partial charge in [-0.1, -0.05) is 0 Å². The Hall–Kier alpha value is -1.58. The first kappa shape index (κ1) is 11.5. The minimum Gasteiger partial charge on any atom is -0.397 e. The van der Waals surface area contributed by atoms with E-state index in [1.807, 2.05) is 20.8 Å². The van der Waals surface area contributed by atoms with Gasteiger partial charge in [0.1, 0.15) is 0 Å². The average Bonchev–Trinajstić information content (AvgIpc) is 2.18. The number of carbonyl (C=O) groups is 1. The first-order valence-electron chi connectivity index (χ1n) is 5.09. The second-order valence-corrected chi connectivity index (χ2v) is 3.63. The Bertz CT molecular complexity index is 349. The highest BCUT2D eigenvalue weighted by Crippen LogP contribution is 2.12. The van der Waals surface area contributed by atoms with Crippen molar-refractivity contribution in [3.05, 3.63) is 24.0 Å². The van der Waals surface area contributed by atoms with Crippen LogP contribution in [-0.2, 0) is 0 Å². The maximum Gasteiger partial charge on any atom is 0.274 e. The number of amides is 1. The molecule has 0 atom stereocenters. The number of hydrogen-bond acceptors (Lipinski definition) is 3. The van der Waals surface area contributed by atoms with E-state index in [0.717, 1.165) is 0 Å². The molecule has 4 heteroatoms. The van der Waals surface area contributed by atoms with Crippen LogP contribution in [0.15, 0.2) is 18.3 Å². The van der Waals surface area contributed by atoms with E-state index in [9.17, 15) is 4.79 Å². The van der Waals surface area contributed by atoms with Gasteiger partial charge in [-0.2, -0.15) is 0 Å². The lowest BCUT2D eigenvalue weighted by atomic mass is 10.2. The summed E-state index contributed by atoms with van der Waals surface area (Å²) in [4.78, 5) is 17.8. The second kappa shape index (κ2) is 4.77. The lowest BCUT2D eigenvalue weighted by Crippen LogP contribution is -2.37. The number of aromatic nitrogens is 1. The molecule has 15 heavy (non-hydrogen) atoms. The molecule has 0 unspecified atom stereocenters. The van der Waals surface area contributed by atoms with Crippen LogP contribution in [0.25, 0.3) is 0 Å². The third-order valence-corrected chi connectivity index (χ3v) is 2.27. The molecular weight excluding hydrogens is 190 g/mol. The molecule has 1 heterocycles. The summed E-state index contributed by atoms with van der Waals surface area (Å²) in [7, 11) is 0. The number of nitrogens with zero attached hydrogens (tertiary/aromatic N) is 2. The number of carbonyl (C=O) groups excluding carboxylic acids is 1. The van der Waals surface area contributed by atoms with Crippen LogP contribution in [0.4, 0.5) is 5.69 Å². The number of anilines is 1. The minimum absolute atomic E-state index is 0.106. The first-order chi connectivity index (χ1) is 7.07. The molecule has 0 radical (unpaired) electrons. The molecule has 0 saturated carbocycles. The molecule has 0 aliphatic carbocycles. The minimum atomic E-state index is -0.106. The van der Waals surface area contributed by atoms with Crippen LogP contribution in [0.2, 0.25) is 0 Å². The highest BCUT2D eigenvalue weighted by Gasteiger charge is 2.19. The predicted molar refractivity (Wildman–Crippen MR) is 60.5 cm³/mol. The summed E-state index contributed by atoms with van der Waals surface area (Å²) in [5, 5.41) is 0. The van der Waals surface area contributed by atoms with Crippen molar-refractivity contribution in [2.24, 2.45) is 0 Å². The molecule has 4 nitrogen and oxygen atoms in total. The number of pyridine rings is 1. The van der Waals surface area contributed by atoms with E-state index in [1.54, 1.807) is 23.2 Å². The molecule has 0 aliphatic rings. The van der Waals surface area contributed by atoms with Gasteiger partial charge in [0, 0.05) is 18.8 Å². The number of hydrogen-bond donors (Lipinski definition) is 1. The van der Waals surface area contributed by atoms with Crippen LogP contribution in [0.3, 0.4) is 0 Å². The highest BCUT2D eigenvalue weighted by atomic mass is 16.2. The Morgan fingerprint density at radius 2 is 2.27 bits per heavy atom. The summed E-state index contributed by atoms with van der Waals surface area (Å²) in [6.07, 6.45) is 1.58. The first-order valence-corrected chi connectivity index (χ1v) is 5.09. The van der Waals surface area contributed by atoms with Crippen molar-refractivity contribution in [1.82, 2.24) is 9.88 Å². The van der Waals surface area contributed by atoms with Gasteiger partial charge in [0.2, 0.25) is 0 Å². The van der Waals surface area contributed by atoms with E-state index in [0.29, 0.717) is 17.9 Å². The maximum absolute atomic E-state index is 12.0. The van der Waals surface area contributed by atoms with Crippen LogP contribution in [0.1, 0.15) is 31.3 Å². The van der Waals surface area contributed by atoms with Gasteiger partial charge in [-0.25, -0.2) is 4.98 Å². The molecule has 0 spiro atoms. The van der Waals surface area contributed by atoms with E-state index in [2.05, 4.69) is 4.98 Å². The molecule has 0 fully saturated rings. The summed E-state index contributed by atoms with van der Waals surface area (Å²) in [6.45, 7) is 6.55. The molecule has 82 valence electrons. The van der Waals surface area contributed by atoms with Crippen molar-refractivity contribution < 1.29 is 4.79 Å². The topological polar surface area (TPSA) is 59.2 Å². The van der Waals surface area contributed by atoms with E-state index >= 15 is 0 Å². The van der Waals surface area contributed by atoms with Crippen molar-refractivity contribution in [3.63, 3.8) is 0 Å². The standard InChI is InChI=1S/C11H17N3O/c1-4-14(8(2)3)11(15)10-9(12)6-5-7-13-10/h5-8H,4,12H2,1-3H3. The smallest absolute Gasteiger partial charge is 0.274 e. The van der Waals surface area contributed by atoms with Crippen molar-refractivity contribution in [2.45, 2.75) is 26.8 Å². The average molecular weight is 207 g/mol. The molecule has 2 N–H and O–H groups in total. The lowest BCUT2D eigenvalue weighted by Gasteiger charge is -2.25. The zero-order valence-electron chi connectivity index (χ0n) is 9.40. The monoisotopic (exact) mass is 207 g/mol. The van der Waals surface area contributed by atoms with Crippen molar-refractivity contribution in [1.29, 1.82) is 0 Å². The van der Waals surface area contributed by atoms with Crippen LogP contribution in [-0.4, -0.2) is 28.4 Å². The van der Waals surface area contributed by atoms with Crippen LogP contribution in [0.5, 0.6) is 0 Å². The molecule has 1 amide bonds. The fraction of sp³-hybridized carbons (Fsp3) is 0.455. The van der Waals surface area contributed by atoms with Gasteiger partial charge in [0.25, 0.3) is 5.91 Å². The van der Waals surface area contributed by atoms with Crippen molar-refractivity contribution in [2.75, 3.05) is 12.3 Å². The van der Waals surface area contributed by atoms with Gasteiger partial charge in [0.05, 0.1) is 5.69 Å². The van der Waals surface area contributed by atoms with Crippen LogP contribution in [0, 0.1) is 0 Å². The normalized spacial score (nSPS) is 10.4. The van der Waals surface area contributed by atoms with Crippen molar-refractivity contribution in [3.8, 4) is 0 Å². The zero-order valence-corrected chi connectivity index (χ0v) is 9.40. The molecule has 1 rings (SSSR count). The Morgan fingerprint density at radius 1 is 1.60 bits per heavy atom. The predicted octanol–water partition coefficient (Wildman–Crippen LogP) is 1.53. The van der Waals surface area contributed by atoms with Crippen molar-refractivity contribution >= 4 is 11.6 Å². The Balaban J connectivity index is 2.98. The number of rotatable bonds is 3. The van der Waals surface area contributed by atoms with Gasteiger partial charge in [-0.3, -0.25) is 4.79 Å². The summed E-state index contributed by atoms with van der Waals surface area (Å²) in [5.74, 6) is -0.106. The molecular formula is C11H17N3O. The summed E-state index contributed by atoms with van der Waals surface area (Å²) in [5.41, 5.74) is 6.48. The Labute approximate surface area is 90.1 Å². The second-order valence-electron chi connectivity index (χ2n) is 3.63. The van der Waals surface area contributed by atoms with Gasteiger partial charge in [-0.05, 0) is 32.9 Å². The van der Waals surface area contributed by atoms with Gasteiger partial charge in [0.15, 0.2) is 5.69 Å². The third kappa shape index (κ3) is 2.46. The maximum atomic E-state index is 12.0. The zero-order chi connectivity index (χ0) is 11.4. The summed E-state index contributed by atoms with van der Waals surface area (Å²) >= 11 is 0. The highest BCUT2D eigenvalue weighted by molar-refractivity contribution is 5.97. The quantitative estimate of drug-likeness (QED) is 0.817. The van der Waals surface area contributed by atoms with E-state index < -0.39 is 0 Å². The number of nitrogens with two attached hydrogens (primary N) is 1. The van der Waals surface area contributed by atoms with Gasteiger partial charge in [-0.15, -0.1) is 0 Å².